The van der Waals surface area contributed by atoms with Crippen LogP contribution in [-0.2, 0) is 9.47 Å². The van der Waals surface area contributed by atoms with Gasteiger partial charge >= 0.3 is 0 Å². The Balaban J connectivity index is 2.89. The van der Waals surface area contributed by atoms with E-state index in [1.807, 2.05) is 0 Å². The molecule has 0 saturated carbocycles. The summed E-state index contributed by atoms with van der Waals surface area (Å²) in [6, 6.07) is 0. The number of ether oxygens (including phenoxy) is 2. The molecule has 0 aromatic rings. The van der Waals surface area contributed by atoms with Gasteiger partial charge in [-0.25, -0.2) is 0 Å². The van der Waals surface area contributed by atoms with E-state index >= 15 is 0 Å². The predicted molar refractivity (Wildman–Crippen MR) is 88.1 cm³/mol. The highest BCUT2D eigenvalue weighted by molar-refractivity contribution is 4.48. The van der Waals surface area contributed by atoms with Gasteiger partial charge in [-0.15, -0.1) is 0 Å². The molecule has 0 bridgehead atoms. The lowest BCUT2D eigenvalue weighted by Crippen LogP contribution is -2.04. The maximum atomic E-state index is 5.47. The Hall–Kier alpha value is -0.0800. The lowest BCUT2D eigenvalue weighted by Gasteiger charge is -2.05. The third kappa shape index (κ3) is 17.9. The summed E-state index contributed by atoms with van der Waals surface area (Å²) in [4.78, 5) is 0. The van der Waals surface area contributed by atoms with E-state index in [9.17, 15) is 0 Å². The monoisotopic (exact) mass is 285 g/mol. The standard InChI is InChI=1S/C18H37O2/c1-3-5-6-7-8-9-10-11-12-13-14-15-16-20-18-17-19-4-2/h2-18H2,1H3. The normalized spacial score (nSPS) is 11.1. The number of unbranched alkanes of at least 4 members (excludes halogenated alkanes) is 11. The average Bonchev–Trinajstić information content (AvgIpc) is 2.47. The molecular formula is C18H37O2. The number of hydrogen-bond donors (Lipinski definition) is 0. The van der Waals surface area contributed by atoms with Crippen LogP contribution in [0.4, 0.5) is 0 Å². The molecule has 0 aliphatic heterocycles. The average molecular weight is 285 g/mol. The Morgan fingerprint density at radius 3 is 1.50 bits per heavy atom. The minimum Gasteiger partial charge on any atom is -0.379 e. The zero-order chi connectivity index (χ0) is 14.7. The molecule has 0 aromatic carbocycles. The van der Waals surface area contributed by atoms with Crippen LogP contribution in [0.25, 0.3) is 0 Å². The van der Waals surface area contributed by atoms with E-state index < -0.39 is 0 Å². The summed E-state index contributed by atoms with van der Waals surface area (Å²) in [5, 5.41) is 0. The first-order valence-electron chi connectivity index (χ1n) is 8.86. The van der Waals surface area contributed by atoms with E-state index in [-0.39, 0.29) is 0 Å². The first kappa shape index (κ1) is 19.9. The molecular weight excluding hydrogens is 248 g/mol. The summed E-state index contributed by atoms with van der Waals surface area (Å²) < 4.78 is 10.6. The van der Waals surface area contributed by atoms with E-state index in [4.69, 9.17) is 9.47 Å². The van der Waals surface area contributed by atoms with Gasteiger partial charge in [-0.3, -0.25) is 0 Å². The Bertz CT molecular complexity index is 141. The van der Waals surface area contributed by atoms with Crippen LogP contribution in [0.15, 0.2) is 0 Å². The van der Waals surface area contributed by atoms with Crippen LogP contribution >= 0.6 is 0 Å². The fourth-order valence-corrected chi connectivity index (χ4v) is 2.37. The minimum atomic E-state index is 0.544. The zero-order valence-corrected chi connectivity index (χ0v) is 13.8. The Kier molecular flexibility index (Phi) is 18.8. The lowest BCUT2D eigenvalue weighted by atomic mass is 10.1. The van der Waals surface area contributed by atoms with Crippen LogP contribution < -0.4 is 0 Å². The third-order valence-electron chi connectivity index (χ3n) is 3.66. The molecule has 0 fully saturated rings. The number of rotatable bonds is 17. The van der Waals surface area contributed by atoms with E-state index in [1.165, 1.54) is 77.0 Å². The van der Waals surface area contributed by atoms with E-state index in [0.29, 0.717) is 19.8 Å². The fraction of sp³-hybridized carbons (Fsp3) is 0.944. The second-order valence-electron chi connectivity index (χ2n) is 5.61. The third-order valence-corrected chi connectivity index (χ3v) is 3.66. The van der Waals surface area contributed by atoms with Gasteiger partial charge in [0.1, 0.15) is 0 Å². The smallest absolute Gasteiger partial charge is 0.0700 e. The van der Waals surface area contributed by atoms with E-state index in [2.05, 4.69) is 13.8 Å². The molecule has 0 saturated heterocycles. The first-order chi connectivity index (χ1) is 9.91. The van der Waals surface area contributed by atoms with Crippen LogP contribution in [0.1, 0.15) is 84.0 Å². The van der Waals surface area contributed by atoms with Crippen molar-refractivity contribution in [3.63, 3.8) is 0 Å². The predicted octanol–water partition coefficient (Wildman–Crippen LogP) is 5.55. The van der Waals surface area contributed by atoms with Gasteiger partial charge < -0.3 is 9.47 Å². The van der Waals surface area contributed by atoms with Crippen molar-refractivity contribution in [1.82, 2.24) is 0 Å². The number of hydrogen-bond acceptors (Lipinski definition) is 2. The molecule has 0 N–H and O–H groups in total. The summed E-state index contributed by atoms with van der Waals surface area (Å²) in [6.07, 6.45) is 16.7. The van der Waals surface area contributed by atoms with Crippen molar-refractivity contribution in [3.8, 4) is 0 Å². The van der Waals surface area contributed by atoms with Crippen molar-refractivity contribution >= 4 is 0 Å². The van der Waals surface area contributed by atoms with Gasteiger partial charge in [0.2, 0.25) is 0 Å². The van der Waals surface area contributed by atoms with Gasteiger partial charge in [0, 0.05) is 13.2 Å². The van der Waals surface area contributed by atoms with Crippen molar-refractivity contribution < 1.29 is 9.47 Å². The van der Waals surface area contributed by atoms with Crippen LogP contribution in [-0.4, -0.2) is 26.4 Å². The van der Waals surface area contributed by atoms with Crippen molar-refractivity contribution in [2.45, 2.75) is 84.0 Å². The van der Waals surface area contributed by atoms with Crippen LogP contribution in [0.2, 0.25) is 0 Å². The van der Waals surface area contributed by atoms with Gasteiger partial charge in [-0.1, -0.05) is 77.6 Å². The van der Waals surface area contributed by atoms with Gasteiger partial charge in [0.25, 0.3) is 0 Å². The molecule has 0 amide bonds. The van der Waals surface area contributed by atoms with Crippen molar-refractivity contribution in [2.75, 3.05) is 26.4 Å². The maximum Gasteiger partial charge on any atom is 0.0700 e. The van der Waals surface area contributed by atoms with Crippen molar-refractivity contribution in [2.24, 2.45) is 0 Å². The molecule has 121 valence electrons. The zero-order valence-electron chi connectivity index (χ0n) is 13.8. The molecule has 0 aliphatic carbocycles. The topological polar surface area (TPSA) is 18.5 Å². The summed E-state index contributed by atoms with van der Waals surface area (Å²) in [6.45, 7) is 8.72. The molecule has 2 nitrogen and oxygen atoms in total. The molecule has 0 rings (SSSR count). The van der Waals surface area contributed by atoms with Gasteiger partial charge in [0.05, 0.1) is 13.2 Å². The summed E-state index contributed by atoms with van der Waals surface area (Å²) >= 11 is 0. The van der Waals surface area contributed by atoms with Crippen molar-refractivity contribution in [3.05, 3.63) is 6.92 Å². The molecule has 20 heavy (non-hydrogen) atoms. The molecule has 0 atom stereocenters. The molecule has 0 unspecified atom stereocenters. The quantitative estimate of drug-likeness (QED) is 0.326. The van der Waals surface area contributed by atoms with E-state index in [0.717, 1.165) is 6.61 Å². The SMILES string of the molecule is [CH2]COCCOCCCCCCCCCCCCCC. The molecule has 2 heteroatoms. The van der Waals surface area contributed by atoms with E-state index in [1.54, 1.807) is 0 Å². The van der Waals surface area contributed by atoms with Crippen molar-refractivity contribution in [1.29, 1.82) is 0 Å². The lowest BCUT2D eigenvalue weighted by molar-refractivity contribution is 0.0561. The minimum absolute atomic E-state index is 0.544. The van der Waals surface area contributed by atoms with Crippen LogP contribution in [0.5, 0.6) is 0 Å². The Labute approximate surface area is 127 Å². The van der Waals surface area contributed by atoms with Gasteiger partial charge in [-0.2, -0.15) is 0 Å². The Morgan fingerprint density at radius 1 is 0.550 bits per heavy atom. The van der Waals surface area contributed by atoms with Crippen LogP contribution in [0.3, 0.4) is 0 Å². The molecule has 0 spiro atoms. The molecule has 0 aliphatic rings. The second-order valence-corrected chi connectivity index (χ2v) is 5.61. The highest BCUT2D eigenvalue weighted by Crippen LogP contribution is 2.11. The highest BCUT2D eigenvalue weighted by Gasteiger charge is 1.94. The second kappa shape index (κ2) is 18.9. The molecule has 1 radical (unpaired) electrons. The van der Waals surface area contributed by atoms with Gasteiger partial charge in [-0.05, 0) is 13.3 Å². The van der Waals surface area contributed by atoms with Crippen LogP contribution in [0, 0.1) is 6.92 Å². The largest absolute Gasteiger partial charge is 0.379 e. The fourth-order valence-electron chi connectivity index (χ4n) is 2.37. The maximum absolute atomic E-state index is 5.47. The summed E-state index contributed by atoms with van der Waals surface area (Å²) in [5.41, 5.74) is 0. The Morgan fingerprint density at radius 2 is 1.00 bits per heavy atom. The summed E-state index contributed by atoms with van der Waals surface area (Å²) in [5.74, 6) is 0. The molecule has 0 aromatic heterocycles. The first-order valence-corrected chi connectivity index (χ1v) is 8.86. The van der Waals surface area contributed by atoms with Gasteiger partial charge in [0.15, 0.2) is 0 Å². The summed E-state index contributed by atoms with van der Waals surface area (Å²) in [7, 11) is 0. The highest BCUT2D eigenvalue weighted by atomic mass is 16.5. The molecule has 0 heterocycles.